The zero-order valence-electron chi connectivity index (χ0n) is 29.4. The Bertz CT molecular complexity index is 2670. The van der Waals surface area contributed by atoms with Crippen LogP contribution in [0.15, 0.2) is 194 Å². The van der Waals surface area contributed by atoms with Crippen molar-refractivity contribution in [2.45, 2.75) is 13.8 Å². The molecule has 0 radical (unpaired) electrons. The lowest BCUT2D eigenvalue weighted by Crippen LogP contribution is -2.11. The summed E-state index contributed by atoms with van der Waals surface area (Å²) >= 11 is 0. The topological polar surface area (TPSA) is 8.17 Å². The number of benzene rings is 8. The van der Waals surface area contributed by atoms with Gasteiger partial charge in [0.25, 0.3) is 0 Å². The first-order valence-corrected chi connectivity index (χ1v) is 17.9. The number of hydrogen-bond acceptors (Lipinski definition) is 1. The number of aromatic nitrogens is 1. The molecule has 0 unspecified atom stereocenters. The zero-order valence-corrected chi connectivity index (χ0v) is 29.4. The third-order valence-corrected chi connectivity index (χ3v) is 10.1. The average molecular weight is 667 g/mol. The van der Waals surface area contributed by atoms with Gasteiger partial charge in [0.15, 0.2) is 0 Å². The minimum atomic E-state index is 1.09. The number of hydrogen-bond donors (Lipinski definition) is 0. The molecule has 0 spiro atoms. The van der Waals surface area contributed by atoms with E-state index in [0.717, 1.165) is 17.1 Å². The monoisotopic (exact) mass is 666 g/mol. The number of rotatable bonds is 7. The molecule has 248 valence electrons. The maximum absolute atomic E-state index is 2.47. The highest BCUT2D eigenvalue weighted by molar-refractivity contribution is 6.11. The van der Waals surface area contributed by atoms with Crippen LogP contribution in [0, 0.1) is 13.8 Å². The molecule has 0 aliphatic rings. The van der Waals surface area contributed by atoms with Crippen molar-refractivity contribution in [1.29, 1.82) is 0 Å². The summed E-state index contributed by atoms with van der Waals surface area (Å²) in [5.41, 5.74) is 16.5. The molecule has 2 nitrogen and oxygen atoms in total. The quantitative estimate of drug-likeness (QED) is 0.164. The van der Waals surface area contributed by atoms with Crippen molar-refractivity contribution in [3.8, 4) is 39.1 Å². The Morgan fingerprint density at radius 1 is 0.365 bits per heavy atom. The first kappa shape index (κ1) is 31.3. The second-order valence-corrected chi connectivity index (χ2v) is 13.6. The van der Waals surface area contributed by atoms with E-state index < -0.39 is 0 Å². The van der Waals surface area contributed by atoms with E-state index in [1.165, 1.54) is 72.0 Å². The molecular formula is C50H38N2. The number of nitrogens with zero attached hydrogens (tertiary/aromatic N) is 2. The normalized spacial score (nSPS) is 11.3. The molecule has 8 aromatic carbocycles. The summed E-state index contributed by atoms with van der Waals surface area (Å²) in [6.07, 6.45) is 0. The van der Waals surface area contributed by atoms with Crippen LogP contribution in [0.25, 0.3) is 60.9 Å². The average Bonchev–Trinajstić information content (AvgIpc) is 3.53. The van der Waals surface area contributed by atoms with Crippen molar-refractivity contribution < 1.29 is 0 Å². The molecule has 0 fully saturated rings. The number of fused-ring (bicyclic) bond motifs is 3. The van der Waals surface area contributed by atoms with Gasteiger partial charge in [-0.05, 0) is 84.1 Å². The van der Waals surface area contributed by atoms with Gasteiger partial charge in [-0.2, -0.15) is 0 Å². The van der Waals surface area contributed by atoms with Gasteiger partial charge in [0.2, 0.25) is 0 Å². The van der Waals surface area contributed by atoms with Crippen LogP contribution in [0.5, 0.6) is 0 Å². The fraction of sp³-hybridized carbons (Fsp3) is 0.0400. The summed E-state index contributed by atoms with van der Waals surface area (Å²) < 4.78 is 2.47. The van der Waals surface area contributed by atoms with E-state index in [1.807, 2.05) is 0 Å². The minimum Gasteiger partial charge on any atom is -0.310 e. The van der Waals surface area contributed by atoms with E-state index in [4.69, 9.17) is 0 Å². The maximum Gasteiger partial charge on any atom is 0.0562 e. The van der Waals surface area contributed by atoms with Crippen molar-refractivity contribution in [3.05, 3.63) is 205 Å². The molecule has 1 heterocycles. The van der Waals surface area contributed by atoms with Crippen LogP contribution in [0.1, 0.15) is 11.1 Å². The lowest BCUT2D eigenvalue weighted by Gasteiger charge is -2.28. The van der Waals surface area contributed by atoms with Crippen LogP contribution in [0.3, 0.4) is 0 Å². The molecule has 0 saturated carbocycles. The van der Waals surface area contributed by atoms with Crippen LogP contribution < -0.4 is 4.90 Å². The molecule has 2 heteroatoms. The lowest BCUT2D eigenvalue weighted by molar-refractivity contribution is 1.17. The third-order valence-electron chi connectivity index (χ3n) is 10.1. The van der Waals surface area contributed by atoms with Crippen LogP contribution in [0.4, 0.5) is 17.1 Å². The third kappa shape index (κ3) is 5.65. The van der Waals surface area contributed by atoms with Gasteiger partial charge in [-0.1, -0.05) is 157 Å². The first-order chi connectivity index (χ1) is 25.6. The van der Waals surface area contributed by atoms with E-state index in [2.05, 4.69) is 217 Å². The smallest absolute Gasteiger partial charge is 0.0562 e. The molecule has 0 atom stereocenters. The van der Waals surface area contributed by atoms with Crippen molar-refractivity contribution >= 4 is 38.9 Å². The molecule has 0 aliphatic heterocycles. The van der Waals surface area contributed by atoms with Crippen LogP contribution in [0.2, 0.25) is 0 Å². The summed E-state index contributed by atoms with van der Waals surface area (Å²) in [6.45, 7) is 4.33. The van der Waals surface area contributed by atoms with E-state index in [1.54, 1.807) is 0 Å². The summed E-state index contributed by atoms with van der Waals surface area (Å²) in [5, 5.41) is 2.47. The molecule has 1 aromatic heterocycles. The molecule has 0 amide bonds. The maximum atomic E-state index is 2.47. The van der Waals surface area contributed by atoms with Gasteiger partial charge in [-0.15, -0.1) is 0 Å². The SMILES string of the molecule is Cc1ccc(-c2ccc(C)cc2-n2c3ccccc3c3ccc(N(c4ccc(-c5ccccc5)cc4)c4ccccc4-c4ccccc4)cc32)cc1. The first-order valence-electron chi connectivity index (χ1n) is 17.9. The Morgan fingerprint density at radius 3 is 1.69 bits per heavy atom. The predicted octanol–water partition coefficient (Wildman–Crippen LogP) is 13.9. The standard InChI is InChI=1S/C50H38N2/c1-35-21-24-40(25-22-35)44-31-23-36(2)33-49(44)52-48-20-12-10-18-45(48)46-32-30-42(34-50(46)52)51(41-28-26-38(27-29-41)37-13-5-3-6-14-37)47-19-11-9-17-43(47)39-15-7-4-8-16-39/h3-34H,1-2H3. The lowest BCUT2D eigenvalue weighted by atomic mass is 10.00. The second-order valence-electron chi connectivity index (χ2n) is 13.6. The predicted molar refractivity (Wildman–Crippen MR) is 221 cm³/mol. The van der Waals surface area contributed by atoms with Gasteiger partial charge in [0.1, 0.15) is 0 Å². The Balaban J connectivity index is 1.30. The van der Waals surface area contributed by atoms with E-state index >= 15 is 0 Å². The van der Waals surface area contributed by atoms with Gasteiger partial charge < -0.3 is 9.47 Å². The molecule has 0 bridgehead atoms. The molecule has 52 heavy (non-hydrogen) atoms. The van der Waals surface area contributed by atoms with E-state index in [0.29, 0.717) is 0 Å². The fourth-order valence-electron chi connectivity index (χ4n) is 7.55. The molecule has 0 N–H and O–H groups in total. The van der Waals surface area contributed by atoms with Gasteiger partial charge in [0.05, 0.1) is 22.4 Å². The van der Waals surface area contributed by atoms with E-state index in [-0.39, 0.29) is 0 Å². The highest BCUT2D eigenvalue weighted by Crippen LogP contribution is 2.44. The van der Waals surface area contributed by atoms with Crippen molar-refractivity contribution in [2.24, 2.45) is 0 Å². The number of aryl methyl sites for hydroxylation is 2. The Morgan fingerprint density at radius 2 is 0.923 bits per heavy atom. The van der Waals surface area contributed by atoms with Crippen molar-refractivity contribution in [1.82, 2.24) is 4.57 Å². The number of para-hydroxylation sites is 2. The van der Waals surface area contributed by atoms with Crippen molar-refractivity contribution in [2.75, 3.05) is 4.90 Å². The van der Waals surface area contributed by atoms with Gasteiger partial charge >= 0.3 is 0 Å². The highest BCUT2D eigenvalue weighted by Gasteiger charge is 2.21. The van der Waals surface area contributed by atoms with Gasteiger partial charge in [0, 0.05) is 33.3 Å². The van der Waals surface area contributed by atoms with Crippen LogP contribution in [-0.2, 0) is 0 Å². The summed E-state index contributed by atoms with van der Waals surface area (Å²) in [6, 6.07) is 70.5. The molecule has 0 saturated heterocycles. The Kier molecular flexibility index (Phi) is 7.98. The molecule has 0 aliphatic carbocycles. The van der Waals surface area contributed by atoms with Crippen LogP contribution >= 0.6 is 0 Å². The zero-order chi connectivity index (χ0) is 35.0. The van der Waals surface area contributed by atoms with E-state index in [9.17, 15) is 0 Å². The summed E-state index contributed by atoms with van der Waals surface area (Å²) in [7, 11) is 0. The minimum absolute atomic E-state index is 1.09. The Labute approximate surface area is 305 Å². The van der Waals surface area contributed by atoms with Crippen molar-refractivity contribution in [3.63, 3.8) is 0 Å². The molecule has 9 aromatic rings. The summed E-state index contributed by atoms with van der Waals surface area (Å²) in [5.74, 6) is 0. The van der Waals surface area contributed by atoms with Gasteiger partial charge in [-0.3, -0.25) is 0 Å². The largest absolute Gasteiger partial charge is 0.310 e. The van der Waals surface area contributed by atoms with Crippen LogP contribution in [-0.4, -0.2) is 4.57 Å². The highest BCUT2D eigenvalue weighted by atomic mass is 15.1. The second kappa shape index (κ2) is 13.2. The van der Waals surface area contributed by atoms with Gasteiger partial charge in [-0.25, -0.2) is 0 Å². The fourth-order valence-corrected chi connectivity index (χ4v) is 7.55. The number of anilines is 3. The molecular weight excluding hydrogens is 629 g/mol. The molecule has 9 rings (SSSR count). The summed E-state index contributed by atoms with van der Waals surface area (Å²) in [4.78, 5) is 2.41. The Hall–Kier alpha value is -6.64.